The first kappa shape index (κ1) is 10.6. The Balaban J connectivity index is 1.92. The van der Waals surface area contributed by atoms with Crippen molar-refractivity contribution >= 4 is 17.3 Å². The Labute approximate surface area is 94.1 Å². The lowest BCUT2D eigenvalue weighted by Crippen LogP contribution is -2.12. The smallest absolute Gasteiger partial charge is 0.142 e. The minimum absolute atomic E-state index is 0.486. The summed E-state index contributed by atoms with van der Waals surface area (Å²) in [6.07, 6.45) is 1.06. The number of anilines is 1. The zero-order valence-corrected chi connectivity index (χ0v) is 9.17. The second-order valence-electron chi connectivity index (χ2n) is 3.72. The average Bonchev–Trinajstić information content (AvgIpc) is 2.69. The Morgan fingerprint density at radius 2 is 2.40 bits per heavy atom. The van der Waals surface area contributed by atoms with Crippen molar-refractivity contribution in [2.45, 2.75) is 6.42 Å². The van der Waals surface area contributed by atoms with E-state index in [-0.39, 0.29) is 0 Å². The van der Waals surface area contributed by atoms with E-state index in [0.717, 1.165) is 19.6 Å². The summed E-state index contributed by atoms with van der Waals surface area (Å²) in [6.45, 7) is 2.28. The summed E-state index contributed by atoms with van der Waals surface area (Å²) in [4.78, 5) is 0. The van der Waals surface area contributed by atoms with Gasteiger partial charge in [0.1, 0.15) is 5.75 Å². The van der Waals surface area contributed by atoms with Gasteiger partial charge in [-0.25, -0.2) is 0 Å². The minimum atomic E-state index is 0.486. The van der Waals surface area contributed by atoms with Crippen molar-refractivity contribution in [1.82, 2.24) is 0 Å². The molecule has 1 aliphatic rings. The van der Waals surface area contributed by atoms with Crippen LogP contribution in [-0.4, -0.2) is 19.8 Å². The summed E-state index contributed by atoms with van der Waals surface area (Å²) >= 11 is 5.79. The monoisotopic (exact) mass is 227 g/mol. The number of hydrogen-bond acceptors (Lipinski definition) is 3. The van der Waals surface area contributed by atoms with Crippen molar-refractivity contribution in [2.75, 3.05) is 25.6 Å². The maximum Gasteiger partial charge on any atom is 0.142 e. The molecule has 82 valence electrons. The van der Waals surface area contributed by atoms with Gasteiger partial charge >= 0.3 is 0 Å². The lowest BCUT2D eigenvalue weighted by atomic mass is 10.1. The molecular formula is C11H14ClNO2. The van der Waals surface area contributed by atoms with Crippen LogP contribution in [-0.2, 0) is 4.74 Å². The molecule has 1 heterocycles. The van der Waals surface area contributed by atoms with Crippen LogP contribution in [0.2, 0.25) is 5.02 Å². The van der Waals surface area contributed by atoms with E-state index in [0.29, 0.717) is 29.0 Å². The molecule has 0 radical (unpaired) electrons. The molecule has 1 aliphatic heterocycles. The van der Waals surface area contributed by atoms with Gasteiger partial charge in [0.2, 0.25) is 0 Å². The molecule has 0 saturated carbocycles. The standard InChI is InChI=1S/C11H14ClNO2/c12-9-1-2-11(10(13)5-9)15-7-8-3-4-14-6-8/h1-2,5,8H,3-4,6-7,13H2. The normalized spacial score (nSPS) is 20.5. The largest absolute Gasteiger partial charge is 0.491 e. The van der Waals surface area contributed by atoms with Crippen molar-refractivity contribution in [3.8, 4) is 5.75 Å². The molecule has 1 unspecified atom stereocenters. The summed E-state index contributed by atoms with van der Waals surface area (Å²) in [6, 6.07) is 5.27. The van der Waals surface area contributed by atoms with E-state index in [4.69, 9.17) is 26.8 Å². The van der Waals surface area contributed by atoms with Crippen LogP contribution in [0.3, 0.4) is 0 Å². The van der Waals surface area contributed by atoms with Gasteiger partial charge in [0.05, 0.1) is 18.9 Å². The molecule has 2 N–H and O–H groups in total. The topological polar surface area (TPSA) is 44.5 Å². The fourth-order valence-corrected chi connectivity index (χ4v) is 1.75. The number of hydrogen-bond donors (Lipinski definition) is 1. The predicted octanol–water partition coefficient (Wildman–Crippen LogP) is 2.34. The Kier molecular flexibility index (Phi) is 3.34. The number of ether oxygens (including phenoxy) is 2. The van der Waals surface area contributed by atoms with Crippen LogP contribution in [0.1, 0.15) is 6.42 Å². The van der Waals surface area contributed by atoms with Gasteiger partial charge in [-0.1, -0.05) is 11.6 Å². The van der Waals surface area contributed by atoms with Gasteiger partial charge in [0.15, 0.2) is 0 Å². The summed E-state index contributed by atoms with van der Waals surface area (Å²) in [5, 5.41) is 0.629. The lowest BCUT2D eigenvalue weighted by Gasteiger charge is -2.12. The van der Waals surface area contributed by atoms with Crippen molar-refractivity contribution in [3.05, 3.63) is 23.2 Å². The summed E-state index contributed by atoms with van der Waals surface area (Å²) in [5.74, 6) is 1.19. The molecule has 1 aromatic rings. The quantitative estimate of drug-likeness (QED) is 0.807. The number of halogens is 1. The fourth-order valence-electron chi connectivity index (χ4n) is 1.57. The summed E-state index contributed by atoms with van der Waals surface area (Å²) < 4.78 is 10.9. The highest BCUT2D eigenvalue weighted by Gasteiger charge is 2.16. The van der Waals surface area contributed by atoms with Crippen LogP contribution in [0, 0.1) is 5.92 Å². The highest BCUT2D eigenvalue weighted by molar-refractivity contribution is 6.30. The Hall–Kier alpha value is -0.930. The van der Waals surface area contributed by atoms with E-state index >= 15 is 0 Å². The number of benzene rings is 1. The molecule has 0 amide bonds. The molecule has 1 fully saturated rings. The Morgan fingerprint density at radius 3 is 3.07 bits per heavy atom. The van der Waals surface area contributed by atoms with Gasteiger partial charge in [-0.3, -0.25) is 0 Å². The first-order valence-electron chi connectivity index (χ1n) is 5.01. The highest BCUT2D eigenvalue weighted by atomic mass is 35.5. The Bertz CT molecular complexity index is 337. The second kappa shape index (κ2) is 4.73. The predicted molar refractivity (Wildman–Crippen MR) is 60.3 cm³/mol. The van der Waals surface area contributed by atoms with E-state index < -0.39 is 0 Å². The van der Waals surface area contributed by atoms with Crippen LogP contribution < -0.4 is 10.5 Å². The van der Waals surface area contributed by atoms with E-state index in [9.17, 15) is 0 Å². The van der Waals surface area contributed by atoms with Crippen LogP contribution in [0.4, 0.5) is 5.69 Å². The summed E-state index contributed by atoms with van der Waals surface area (Å²) in [5.41, 5.74) is 6.35. The van der Waals surface area contributed by atoms with Crippen molar-refractivity contribution < 1.29 is 9.47 Å². The molecule has 1 saturated heterocycles. The maximum absolute atomic E-state index is 5.79. The van der Waals surface area contributed by atoms with E-state index in [1.54, 1.807) is 18.2 Å². The second-order valence-corrected chi connectivity index (χ2v) is 4.16. The molecule has 0 aliphatic carbocycles. The first-order valence-corrected chi connectivity index (χ1v) is 5.39. The van der Waals surface area contributed by atoms with Gasteiger partial charge in [-0.15, -0.1) is 0 Å². The average molecular weight is 228 g/mol. The first-order chi connectivity index (χ1) is 7.25. The third-order valence-corrected chi connectivity index (χ3v) is 2.71. The van der Waals surface area contributed by atoms with Crippen LogP contribution in [0.25, 0.3) is 0 Å². The number of rotatable bonds is 3. The molecule has 15 heavy (non-hydrogen) atoms. The SMILES string of the molecule is Nc1cc(Cl)ccc1OCC1CCOC1. The van der Waals surface area contributed by atoms with Crippen LogP contribution in [0.15, 0.2) is 18.2 Å². The highest BCUT2D eigenvalue weighted by Crippen LogP contribution is 2.26. The third-order valence-electron chi connectivity index (χ3n) is 2.47. The van der Waals surface area contributed by atoms with Crippen LogP contribution in [0.5, 0.6) is 5.75 Å². The Morgan fingerprint density at radius 1 is 1.53 bits per heavy atom. The lowest BCUT2D eigenvalue weighted by molar-refractivity contribution is 0.167. The van der Waals surface area contributed by atoms with Crippen molar-refractivity contribution in [1.29, 1.82) is 0 Å². The third kappa shape index (κ3) is 2.76. The fraction of sp³-hybridized carbons (Fsp3) is 0.455. The molecule has 0 spiro atoms. The van der Waals surface area contributed by atoms with Crippen molar-refractivity contribution in [2.24, 2.45) is 5.92 Å². The zero-order chi connectivity index (χ0) is 10.7. The maximum atomic E-state index is 5.79. The number of nitrogens with two attached hydrogens (primary N) is 1. The molecule has 2 rings (SSSR count). The van der Waals surface area contributed by atoms with E-state index in [2.05, 4.69) is 0 Å². The summed E-state index contributed by atoms with van der Waals surface area (Å²) in [7, 11) is 0. The minimum Gasteiger partial charge on any atom is -0.491 e. The van der Waals surface area contributed by atoms with Crippen molar-refractivity contribution in [3.63, 3.8) is 0 Å². The van der Waals surface area contributed by atoms with Gasteiger partial charge in [-0.2, -0.15) is 0 Å². The van der Waals surface area contributed by atoms with Gasteiger partial charge in [-0.05, 0) is 24.6 Å². The van der Waals surface area contributed by atoms with Gasteiger partial charge < -0.3 is 15.2 Å². The number of nitrogen functional groups attached to an aromatic ring is 1. The van der Waals surface area contributed by atoms with E-state index in [1.807, 2.05) is 0 Å². The molecule has 1 atom stereocenters. The molecule has 1 aromatic carbocycles. The zero-order valence-electron chi connectivity index (χ0n) is 8.41. The van der Waals surface area contributed by atoms with E-state index in [1.165, 1.54) is 0 Å². The van der Waals surface area contributed by atoms with Gasteiger partial charge in [0, 0.05) is 17.5 Å². The molecule has 3 nitrogen and oxygen atoms in total. The molecule has 0 bridgehead atoms. The molecule has 4 heteroatoms. The molecular weight excluding hydrogens is 214 g/mol. The van der Waals surface area contributed by atoms with Crippen LogP contribution >= 0.6 is 11.6 Å². The van der Waals surface area contributed by atoms with Gasteiger partial charge in [0.25, 0.3) is 0 Å². The molecule has 0 aromatic heterocycles.